The van der Waals surface area contributed by atoms with E-state index >= 15 is 0 Å². The van der Waals surface area contributed by atoms with Crippen molar-refractivity contribution in [1.29, 1.82) is 0 Å². The molecule has 7 heteroatoms. The number of benzene rings is 1. The molecule has 6 nitrogen and oxygen atoms in total. The summed E-state index contributed by atoms with van der Waals surface area (Å²) in [4.78, 5) is 25.8. The van der Waals surface area contributed by atoms with Crippen LogP contribution in [0.4, 0.5) is 5.69 Å². The minimum absolute atomic E-state index is 0.0313. The molecule has 1 aromatic carbocycles. The Morgan fingerprint density at radius 2 is 1.93 bits per heavy atom. The first-order chi connectivity index (χ1) is 13.9. The Kier molecular flexibility index (Phi) is 6.79. The molecule has 0 unspecified atom stereocenters. The van der Waals surface area contributed by atoms with Crippen LogP contribution in [-0.2, 0) is 4.79 Å². The van der Waals surface area contributed by atoms with Gasteiger partial charge in [0.2, 0.25) is 0 Å². The predicted octanol–water partition coefficient (Wildman–Crippen LogP) is 5.04. The first kappa shape index (κ1) is 21.2. The minimum Gasteiger partial charge on any atom is -0.480 e. The summed E-state index contributed by atoms with van der Waals surface area (Å²) in [6, 6.07) is 8.70. The first-order valence-corrected chi connectivity index (χ1v) is 10.8. The van der Waals surface area contributed by atoms with Gasteiger partial charge in [-0.05, 0) is 44.4 Å². The molecule has 0 radical (unpaired) electrons. The summed E-state index contributed by atoms with van der Waals surface area (Å²) in [7, 11) is 0. The average Bonchev–Trinajstić information content (AvgIpc) is 3.05. The van der Waals surface area contributed by atoms with Crippen LogP contribution in [0, 0.1) is 6.92 Å². The van der Waals surface area contributed by atoms with E-state index in [0.29, 0.717) is 11.6 Å². The van der Waals surface area contributed by atoms with Gasteiger partial charge in [-0.3, -0.25) is 0 Å². The van der Waals surface area contributed by atoms with Gasteiger partial charge in [0.1, 0.15) is 5.75 Å². The summed E-state index contributed by atoms with van der Waals surface area (Å²) in [6.45, 7) is 4.30. The number of anilines is 1. The van der Waals surface area contributed by atoms with E-state index in [0.717, 1.165) is 34.0 Å². The Balaban J connectivity index is 1.96. The highest BCUT2D eigenvalue weighted by molar-refractivity contribution is 7.18. The van der Waals surface area contributed by atoms with E-state index in [1.54, 1.807) is 6.92 Å². The van der Waals surface area contributed by atoms with Crippen LogP contribution in [-0.4, -0.2) is 41.3 Å². The molecular weight excluding hydrogens is 390 g/mol. The Hall–Kier alpha value is -2.54. The fraction of sp³-hybridized carbons (Fsp3) is 0.455. The summed E-state index contributed by atoms with van der Waals surface area (Å²) >= 11 is 1.13. The lowest BCUT2D eigenvalue weighted by Gasteiger charge is -2.35. The number of aromatic carboxylic acids is 1. The molecule has 3 rings (SSSR count). The molecular formula is C22H27NO5S. The molecule has 0 atom stereocenters. The van der Waals surface area contributed by atoms with Gasteiger partial charge >= 0.3 is 11.9 Å². The van der Waals surface area contributed by atoms with Gasteiger partial charge in [0, 0.05) is 28.7 Å². The molecule has 2 N–H and O–H groups in total. The van der Waals surface area contributed by atoms with Crippen molar-refractivity contribution in [2.45, 2.75) is 52.0 Å². The fourth-order valence-electron chi connectivity index (χ4n) is 4.09. The SMILES string of the molecule is CCN(c1cccc(-c2sc(C(=O)O)c(OCC(=O)O)c2C)c1)C1CCCCC1. The molecule has 0 spiro atoms. The molecule has 1 fully saturated rings. The topological polar surface area (TPSA) is 87.1 Å². The van der Waals surface area contributed by atoms with Crippen LogP contribution in [0.25, 0.3) is 10.4 Å². The summed E-state index contributed by atoms with van der Waals surface area (Å²) in [5, 5.41) is 18.4. The molecule has 0 aliphatic heterocycles. The van der Waals surface area contributed by atoms with E-state index in [2.05, 4.69) is 24.0 Å². The van der Waals surface area contributed by atoms with Crippen LogP contribution in [0.15, 0.2) is 24.3 Å². The van der Waals surface area contributed by atoms with E-state index in [1.807, 2.05) is 12.1 Å². The zero-order valence-corrected chi connectivity index (χ0v) is 17.6. The molecule has 1 aliphatic rings. The number of ether oxygens (including phenoxy) is 1. The van der Waals surface area contributed by atoms with Gasteiger partial charge in [-0.2, -0.15) is 0 Å². The van der Waals surface area contributed by atoms with Gasteiger partial charge in [-0.15, -0.1) is 11.3 Å². The molecule has 1 aliphatic carbocycles. The number of nitrogens with zero attached hydrogens (tertiary/aromatic N) is 1. The standard InChI is InChI=1S/C22H27NO5S/c1-3-23(16-9-5-4-6-10-16)17-11-7-8-15(12-17)20-14(2)19(28-13-18(24)25)21(29-20)22(26)27/h7-8,11-12,16H,3-6,9-10,13H2,1-2H3,(H,24,25)(H,26,27). The highest BCUT2D eigenvalue weighted by atomic mass is 32.1. The number of aliphatic carboxylic acids is 1. The molecule has 2 aromatic rings. The van der Waals surface area contributed by atoms with E-state index in [4.69, 9.17) is 9.84 Å². The zero-order valence-electron chi connectivity index (χ0n) is 16.8. The first-order valence-electron chi connectivity index (χ1n) is 10.0. The van der Waals surface area contributed by atoms with Crippen LogP contribution in [0.2, 0.25) is 0 Å². The van der Waals surface area contributed by atoms with Crippen LogP contribution >= 0.6 is 11.3 Å². The van der Waals surface area contributed by atoms with E-state index in [1.165, 1.54) is 32.1 Å². The van der Waals surface area contributed by atoms with Gasteiger partial charge in [0.25, 0.3) is 0 Å². The second-order valence-electron chi connectivity index (χ2n) is 7.33. The van der Waals surface area contributed by atoms with Crippen molar-refractivity contribution in [2.24, 2.45) is 0 Å². The van der Waals surface area contributed by atoms with Crippen LogP contribution in [0.5, 0.6) is 5.75 Å². The van der Waals surface area contributed by atoms with Crippen molar-refractivity contribution in [2.75, 3.05) is 18.1 Å². The largest absolute Gasteiger partial charge is 0.480 e. The van der Waals surface area contributed by atoms with Crippen LogP contribution in [0.1, 0.15) is 54.3 Å². The van der Waals surface area contributed by atoms with E-state index in [-0.39, 0.29) is 10.6 Å². The van der Waals surface area contributed by atoms with Gasteiger partial charge < -0.3 is 19.8 Å². The quantitative estimate of drug-likeness (QED) is 0.625. The maximum absolute atomic E-state index is 11.7. The van der Waals surface area contributed by atoms with Crippen molar-refractivity contribution < 1.29 is 24.5 Å². The monoisotopic (exact) mass is 417 g/mol. The Labute approximate surface area is 174 Å². The van der Waals surface area contributed by atoms with Gasteiger partial charge in [-0.1, -0.05) is 31.4 Å². The lowest BCUT2D eigenvalue weighted by atomic mass is 9.93. The van der Waals surface area contributed by atoms with Crippen LogP contribution in [0.3, 0.4) is 0 Å². The minimum atomic E-state index is -1.14. The normalized spacial score (nSPS) is 14.6. The maximum Gasteiger partial charge on any atom is 0.349 e. The number of hydrogen-bond donors (Lipinski definition) is 2. The highest BCUT2D eigenvalue weighted by Gasteiger charge is 2.24. The molecule has 0 amide bonds. The number of carbonyl (C=O) groups is 2. The van der Waals surface area contributed by atoms with Crippen molar-refractivity contribution in [3.05, 3.63) is 34.7 Å². The highest BCUT2D eigenvalue weighted by Crippen LogP contribution is 2.42. The average molecular weight is 418 g/mol. The molecule has 0 saturated heterocycles. The van der Waals surface area contributed by atoms with Crippen molar-refractivity contribution in [1.82, 2.24) is 0 Å². The lowest BCUT2D eigenvalue weighted by Crippen LogP contribution is -2.36. The predicted molar refractivity (Wildman–Crippen MR) is 114 cm³/mol. The summed E-state index contributed by atoms with van der Waals surface area (Å²) < 4.78 is 5.31. The summed E-state index contributed by atoms with van der Waals surface area (Å²) in [5.74, 6) is -2.11. The molecule has 1 saturated carbocycles. The lowest BCUT2D eigenvalue weighted by molar-refractivity contribution is -0.139. The zero-order chi connectivity index (χ0) is 21.0. The number of carboxylic acids is 2. The van der Waals surface area contributed by atoms with Crippen molar-refractivity contribution in [3.63, 3.8) is 0 Å². The number of carboxylic acid groups (broad SMARTS) is 2. The Morgan fingerprint density at radius 3 is 2.55 bits per heavy atom. The Morgan fingerprint density at radius 1 is 1.21 bits per heavy atom. The summed E-state index contributed by atoms with van der Waals surface area (Å²) in [5.41, 5.74) is 2.72. The third-order valence-electron chi connectivity index (χ3n) is 5.42. The smallest absolute Gasteiger partial charge is 0.349 e. The van der Waals surface area contributed by atoms with Gasteiger partial charge in [-0.25, -0.2) is 9.59 Å². The summed E-state index contributed by atoms with van der Waals surface area (Å²) in [6.07, 6.45) is 6.23. The number of hydrogen-bond acceptors (Lipinski definition) is 5. The van der Waals surface area contributed by atoms with E-state index in [9.17, 15) is 14.7 Å². The third-order valence-corrected chi connectivity index (χ3v) is 6.73. The maximum atomic E-state index is 11.7. The second-order valence-corrected chi connectivity index (χ2v) is 8.35. The molecule has 0 bridgehead atoms. The molecule has 1 heterocycles. The van der Waals surface area contributed by atoms with Gasteiger partial charge in [0.15, 0.2) is 11.5 Å². The van der Waals surface area contributed by atoms with Crippen molar-refractivity contribution in [3.8, 4) is 16.2 Å². The molecule has 156 valence electrons. The van der Waals surface area contributed by atoms with Gasteiger partial charge in [0.05, 0.1) is 0 Å². The Bertz CT molecular complexity index is 885. The number of rotatable bonds is 8. The molecule has 29 heavy (non-hydrogen) atoms. The number of thiophene rings is 1. The third kappa shape index (κ3) is 4.72. The van der Waals surface area contributed by atoms with Crippen LogP contribution < -0.4 is 9.64 Å². The molecule has 1 aromatic heterocycles. The van der Waals surface area contributed by atoms with E-state index < -0.39 is 18.5 Å². The van der Waals surface area contributed by atoms with Crippen molar-refractivity contribution >= 4 is 29.0 Å². The second kappa shape index (κ2) is 9.31. The fourth-order valence-corrected chi connectivity index (χ4v) is 5.18.